The zero-order valence-corrected chi connectivity index (χ0v) is 15.8. The molecule has 2 aromatic rings. The predicted octanol–water partition coefficient (Wildman–Crippen LogP) is 1.73. The predicted molar refractivity (Wildman–Crippen MR) is 102 cm³/mol. The maximum Gasteiger partial charge on any atom is 0.264 e. The molecule has 0 fully saturated rings. The Morgan fingerprint density at radius 1 is 1.19 bits per heavy atom. The number of fused-ring (bicyclic) bond motifs is 1. The van der Waals surface area contributed by atoms with Crippen LogP contribution in [-0.2, 0) is 16.4 Å². The van der Waals surface area contributed by atoms with Crippen molar-refractivity contribution in [2.24, 2.45) is 0 Å². The second-order valence-electron chi connectivity index (χ2n) is 6.31. The number of rotatable bonds is 6. The summed E-state index contributed by atoms with van der Waals surface area (Å²) in [6, 6.07) is 13.8. The number of carbonyl (C=O) groups is 1. The van der Waals surface area contributed by atoms with Gasteiger partial charge in [0.1, 0.15) is 0 Å². The first-order valence-corrected chi connectivity index (χ1v) is 10.00. The fourth-order valence-electron chi connectivity index (χ4n) is 3.08. The second kappa shape index (κ2) is 7.47. The molecule has 0 spiro atoms. The van der Waals surface area contributed by atoms with Gasteiger partial charge in [-0.3, -0.25) is 9.10 Å². The Balaban J connectivity index is 1.89. The summed E-state index contributed by atoms with van der Waals surface area (Å²) >= 11 is 0. The third kappa shape index (κ3) is 3.45. The molecule has 1 aliphatic rings. The molecule has 26 heavy (non-hydrogen) atoms. The topological polar surface area (TPSA) is 69.7 Å². The molecule has 0 radical (unpaired) electrons. The number of sulfonamides is 1. The van der Waals surface area contributed by atoms with Gasteiger partial charge in [0.2, 0.25) is 0 Å². The lowest BCUT2D eigenvalue weighted by Gasteiger charge is -2.21. The van der Waals surface area contributed by atoms with Gasteiger partial charge in [-0.05, 0) is 43.3 Å². The van der Waals surface area contributed by atoms with Crippen LogP contribution in [0.4, 0.5) is 5.69 Å². The third-order valence-electron chi connectivity index (χ3n) is 4.56. The van der Waals surface area contributed by atoms with Gasteiger partial charge in [0.05, 0.1) is 10.6 Å². The highest BCUT2D eigenvalue weighted by atomic mass is 32.2. The van der Waals surface area contributed by atoms with Crippen LogP contribution in [0.25, 0.3) is 0 Å². The molecule has 0 saturated heterocycles. The molecule has 0 bridgehead atoms. The van der Waals surface area contributed by atoms with Crippen molar-refractivity contribution >= 4 is 21.6 Å². The van der Waals surface area contributed by atoms with Crippen molar-refractivity contribution in [1.29, 1.82) is 0 Å². The fourth-order valence-corrected chi connectivity index (χ4v) is 4.63. The van der Waals surface area contributed by atoms with Crippen LogP contribution in [0.5, 0.6) is 0 Å². The van der Waals surface area contributed by atoms with Gasteiger partial charge in [0.15, 0.2) is 0 Å². The molecule has 1 heterocycles. The maximum atomic E-state index is 13.1. The maximum absolute atomic E-state index is 13.1. The molecule has 138 valence electrons. The lowest BCUT2D eigenvalue weighted by atomic mass is 10.2. The molecule has 3 rings (SSSR count). The van der Waals surface area contributed by atoms with Crippen LogP contribution >= 0.6 is 0 Å². The monoisotopic (exact) mass is 373 g/mol. The smallest absolute Gasteiger partial charge is 0.264 e. The van der Waals surface area contributed by atoms with Crippen LogP contribution in [0.2, 0.25) is 0 Å². The summed E-state index contributed by atoms with van der Waals surface area (Å²) in [5.41, 5.74) is 2.11. The number of hydrogen-bond acceptors (Lipinski definition) is 4. The molecule has 2 aromatic carbocycles. The number of carbonyl (C=O) groups excluding carboxylic acids is 1. The molecule has 1 N–H and O–H groups in total. The minimum absolute atomic E-state index is 0.141. The Hall–Kier alpha value is -2.38. The Morgan fingerprint density at radius 2 is 1.96 bits per heavy atom. The molecule has 0 atom stereocenters. The van der Waals surface area contributed by atoms with Gasteiger partial charge < -0.3 is 10.2 Å². The summed E-state index contributed by atoms with van der Waals surface area (Å²) in [5.74, 6) is -0.195. The van der Waals surface area contributed by atoms with Crippen molar-refractivity contribution in [2.45, 2.75) is 11.3 Å². The first kappa shape index (κ1) is 18.4. The van der Waals surface area contributed by atoms with Gasteiger partial charge in [-0.2, -0.15) is 0 Å². The van der Waals surface area contributed by atoms with Crippen LogP contribution in [-0.4, -0.2) is 53.0 Å². The molecule has 0 aliphatic carbocycles. The number of benzene rings is 2. The van der Waals surface area contributed by atoms with Crippen molar-refractivity contribution in [3.63, 3.8) is 0 Å². The summed E-state index contributed by atoms with van der Waals surface area (Å²) in [6.45, 7) is 1.64. The zero-order valence-electron chi connectivity index (χ0n) is 15.0. The number of hydrogen-bond donors (Lipinski definition) is 1. The van der Waals surface area contributed by atoms with Crippen molar-refractivity contribution < 1.29 is 13.2 Å². The van der Waals surface area contributed by atoms with Crippen molar-refractivity contribution in [3.8, 4) is 0 Å². The highest BCUT2D eigenvalue weighted by Crippen LogP contribution is 2.32. The Morgan fingerprint density at radius 3 is 2.73 bits per heavy atom. The minimum atomic E-state index is -3.70. The van der Waals surface area contributed by atoms with Gasteiger partial charge in [0, 0.05) is 32.2 Å². The summed E-state index contributed by atoms with van der Waals surface area (Å²) < 4.78 is 27.6. The van der Waals surface area contributed by atoms with Crippen molar-refractivity contribution in [2.75, 3.05) is 38.0 Å². The third-order valence-corrected chi connectivity index (χ3v) is 6.37. The van der Waals surface area contributed by atoms with Crippen LogP contribution in [0.3, 0.4) is 0 Å². The molecule has 6 nitrogen and oxygen atoms in total. The van der Waals surface area contributed by atoms with Crippen LogP contribution in [0.1, 0.15) is 15.9 Å². The number of likely N-dealkylation sites (N-methyl/N-ethyl adjacent to an activating group) is 2. The first-order valence-electron chi connectivity index (χ1n) is 8.56. The van der Waals surface area contributed by atoms with Crippen LogP contribution < -0.4 is 9.62 Å². The van der Waals surface area contributed by atoms with Crippen molar-refractivity contribution in [3.05, 3.63) is 59.7 Å². The average Bonchev–Trinajstić information content (AvgIpc) is 3.10. The highest BCUT2D eigenvalue weighted by molar-refractivity contribution is 7.92. The lowest BCUT2D eigenvalue weighted by Crippen LogP contribution is -2.33. The largest absolute Gasteiger partial charge is 0.340 e. The summed E-state index contributed by atoms with van der Waals surface area (Å²) in [6.07, 6.45) is 0.695. The van der Waals surface area contributed by atoms with E-state index in [4.69, 9.17) is 0 Å². The van der Waals surface area contributed by atoms with E-state index in [1.807, 2.05) is 31.3 Å². The van der Waals surface area contributed by atoms with Crippen molar-refractivity contribution in [1.82, 2.24) is 10.2 Å². The number of anilines is 1. The molecular formula is C19H23N3O3S. The normalized spacial score (nSPS) is 13.5. The van der Waals surface area contributed by atoms with E-state index in [1.165, 1.54) is 10.4 Å². The highest BCUT2D eigenvalue weighted by Gasteiger charge is 2.31. The van der Waals surface area contributed by atoms with E-state index in [1.54, 1.807) is 30.1 Å². The second-order valence-corrected chi connectivity index (χ2v) is 8.18. The van der Waals surface area contributed by atoms with Crippen LogP contribution in [0.15, 0.2) is 53.4 Å². The number of nitrogens with one attached hydrogen (secondary N) is 1. The molecule has 1 aliphatic heterocycles. The quantitative estimate of drug-likeness (QED) is 0.837. The fraction of sp³-hybridized carbons (Fsp3) is 0.316. The summed E-state index contributed by atoms with van der Waals surface area (Å²) in [4.78, 5) is 14.3. The number of amides is 1. The summed E-state index contributed by atoms with van der Waals surface area (Å²) in [5, 5.41) is 2.99. The average molecular weight is 373 g/mol. The Labute approximate surface area is 154 Å². The minimum Gasteiger partial charge on any atom is -0.340 e. The number of nitrogens with zero attached hydrogens (tertiary/aromatic N) is 2. The van der Waals surface area contributed by atoms with Gasteiger partial charge >= 0.3 is 0 Å². The standard InChI is InChI=1S/C19H23N3O3S/c1-20-11-13-21(2)19(23)16-7-5-8-17(14-16)26(24,25)22-12-10-15-6-3-4-9-18(15)22/h3-9,14,20H,10-13H2,1-2H3. The molecule has 0 saturated carbocycles. The van der Waals surface area contributed by atoms with E-state index >= 15 is 0 Å². The van der Waals surface area contributed by atoms with E-state index in [-0.39, 0.29) is 10.8 Å². The van der Waals surface area contributed by atoms with Gasteiger partial charge in [-0.15, -0.1) is 0 Å². The van der Waals surface area contributed by atoms with E-state index in [0.29, 0.717) is 31.6 Å². The van der Waals surface area contributed by atoms with E-state index in [9.17, 15) is 13.2 Å². The molecule has 0 aromatic heterocycles. The van der Waals surface area contributed by atoms with Gasteiger partial charge in [-0.25, -0.2) is 8.42 Å². The molecule has 1 amide bonds. The molecule has 0 unspecified atom stereocenters. The number of para-hydroxylation sites is 1. The van der Waals surface area contributed by atoms with Gasteiger partial charge in [0.25, 0.3) is 15.9 Å². The molecule has 7 heteroatoms. The van der Waals surface area contributed by atoms with E-state index < -0.39 is 10.0 Å². The molecular weight excluding hydrogens is 350 g/mol. The lowest BCUT2D eigenvalue weighted by molar-refractivity contribution is 0.0796. The SMILES string of the molecule is CNCCN(C)C(=O)c1cccc(S(=O)(=O)N2CCc3ccccc32)c1. The van der Waals surface area contributed by atoms with Crippen LogP contribution in [0, 0.1) is 0 Å². The Bertz CT molecular complexity index is 912. The first-order chi connectivity index (χ1) is 12.4. The van der Waals surface area contributed by atoms with Gasteiger partial charge in [-0.1, -0.05) is 24.3 Å². The van der Waals surface area contributed by atoms with E-state index in [2.05, 4.69) is 5.32 Å². The zero-order chi connectivity index (χ0) is 18.7. The van der Waals surface area contributed by atoms with E-state index in [0.717, 1.165) is 11.3 Å². The Kier molecular flexibility index (Phi) is 5.29. The summed E-state index contributed by atoms with van der Waals surface area (Å²) in [7, 11) is -0.176.